The molecule has 0 N–H and O–H groups in total. The molecular formula is C14H18BrNO2. The molecule has 3 nitrogen and oxygen atoms in total. The van der Waals surface area contributed by atoms with Gasteiger partial charge in [0.05, 0.1) is 17.5 Å². The van der Waals surface area contributed by atoms with Crippen molar-refractivity contribution >= 4 is 21.8 Å². The lowest BCUT2D eigenvalue weighted by Crippen LogP contribution is -2.48. The molecule has 1 fully saturated rings. The van der Waals surface area contributed by atoms with Crippen LogP contribution in [0.3, 0.4) is 0 Å². The van der Waals surface area contributed by atoms with Crippen LogP contribution in [0.15, 0.2) is 30.3 Å². The molecule has 0 spiro atoms. The second-order valence-electron chi connectivity index (χ2n) is 4.99. The van der Waals surface area contributed by atoms with E-state index >= 15 is 0 Å². The first-order valence-corrected chi connectivity index (χ1v) is 6.92. The number of carbonyl (C=O) groups is 1. The molecule has 1 aliphatic heterocycles. The van der Waals surface area contributed by atoms with E-state index in [1.165, 1.54) is 0 Å². The lowest BCUT2D eigenvalue weighted by Gasteiger charge is -2.36. The van der Waals surface area contributed by atoms with Crippen LogP contribution in [-0.4, -0.2) is 34.8 Å². The monoisotopic (exact) mass is 311 g/mol. The van der Waals surface area contributed by atoms with E-state index in [1.54, 1.807) is 0 Å². The van der Waals surface area contributed by atoms with Gasteiger partial charge in [0.2, 0.25) is 5.91 Å². The Morgan fingerprint density at radius 2 is 2.06 bits per heavy atom. The van der Waals surface area contributed by atoms with Gasteiger partial charge in [-0.1, -0.05) is 46.3 Å². The molecule has 98 valence electrons. The summed E-state index contributed by atoms with van der Waals surface area (Å²) in [5.74, 6) is 0.117. The summed E-state index contributed by atoms with van der Waals surface area (Å²) >= 11 is 3.42. The average molecular weight is 312 g/mol. The van der Waals surface area contributed by atoms with Crippen molar-refractivity contribution in [1.82, 2.24) is 4.90 Å². The summed E-state index contributed by atoms with van der Waals surface area (Å²) in [6.07, 6.45) is -0.0150. The van der Waals surface area contributed by atoms with Gasteiger partial charge in [-0.05, 0) is 19.4 Å². The third-order valence-corrected chi connectivity index (χ3v) is 3.37. The van der Waals surface area contributed by atoms with Crippen molar-refractivity contribution < 1.29 is 9.53 Å². The van der Waals surface area contributed by atoms with Gasteiger partial charge >= 0.3 is 0 Å². The van der Waals surface area contributed by atoms with Gasteiger partial charge in [-0.2, -0.15) is 0 Å². The maximum Gasteiger partial charge on any atom is 0.239 e. The topological polar surface area (TPSA) is 29.5 Å². The maximum atomic E-state index is 12.2. The Kier molecular flexibility index (Phi) is 4.07. The van der Waals surface area contributed by atoms with Crippen molar-refractivity contribution in [3.8, 4) is 0 Å². The van der Waals surface area contributed by atoms with Crippen molar-refractivity contribution in [2.24, 2.45) is 0 Å². The molecule has 0 bridgehead atoms. The van der Waals surface area contributed by atoms with Crippen LogP contribution >= 0.6 is 15.9 Å². The maximum absolute atomic E-state index is 12.2. The van der Waals surface area contributed by atoms with Gasteiger partial charge in [-0.25, -0.2) is 0 Å². The molecule has 4 heteroatoms. The number of amides is 1. The molecule has 0 saturated carbocycles. The van der Waals surface area contributed by atoms with Crippen LogP contribution in [0.1, 0.15) is 25.5 Å². The van der Waals surface area contributed by atoms with E-state index in [2.05, 4.69) is 15.9 Å². The highest BCUT2D eigenvalue weighted by molar-refractivity contribution is 9.10. The zero-order chi connectivity index (χ0) is 13.2. The van der Waals surface area contributed by atoms with E-state index in [-0.39, 0.29) is 12.0 Å². The number of morpholine rings is 1. The van der Waals surface area contributed by atoms with Gasteiger partial charge in [0, 0.05) is 6.54 Å². The van der Waals surface area contributed by atoms with Crippen molar-refractivity contribution in [2.45, 2.75) is 24.3 Å². The van der Waals surface area contributed by atoms with Gasteiger partial charge in [-0.3, -0.25) is 4.79 Å². The lowest BCUT2D eigenvalue weighted by atomic mass is 10.1. The van der Waals surface area contributed by atoms with Crippen LogP contribution in [0.4, 0.5) is 0 Å². The largest absolute Gasteiger partial charge is 0.370 e. The Bertz CT molecular complexity index is 414. The van der Waals surface area contributed by atoms with Crippen LogP contribution in [-0.2, 0) is 9.53 Å². The normalized spacial score (nSPS) is 20.8. The van der Waals surface area contributed by atoms with Crippen LogP contribution in [0.2, 0.25) is 0 Å². The molecule has 2 rings (SSSR count). The van der Waals surface area contributed by atoms with E-state index in [0.29, 0.717) is 19.7 Å². The van der Waals surface area contributed by atoms with Gasteiger partial charge < -0.3 is 9.64 Å². The zero-order valence-corrected chi connectivity index (χ0v) is 12.3. The Balaban J connectivity index is 2.08. The molecule has 1 aliphatic rings. The summed E-state index contributed by atoms with van der Waals surface area (Å²) in [6, 6.07) is 10.1. The number of hydrogen-bond donors (Lipinski definition) is 0. The Labute approximate surface area is 116 Å². The average Bonchev–Trinajstić information content (AvgIpc) is 2.38. The van der Waals surface area contributed by atoms with Crippen molar-refractivity contribution in [3.63, 3.8) is 0 Å². The molecule has 1 aromatic carbocycles. The summed E-state index contributed by atoms with van der Waals surface area (Å²) < 4.78 is 5.24. The number of nitrogens with zero attached hydrogens (tertiary/aromatic N) is 1. The highest BCUT2D eigenvalue weighted by Crippen LogP contribution is 2.26. The molecule has 18 heavy (non-hydrogen) atoms. The van der Waals surface area contributed by atoms with Gasteiger partial charge in [0.15, 0.2) is 0 Å². The van der Waals surface area contributed by atoms with E-state index in [0.717, 1.165) is 5.56 Å². The first-order chi connectivity index (χ1) is 8.48. The number of carbonyl (C=O) groups excluding carboxylic acids is 1. The number of ether oxygens (including phenoxy) is 1. The fourth-order valence-electron chi connectivity index (χ4n) is 2.08. The Morgan fingerprint density at radius 1 is 1.39 bits per heavy atom. The molecule has 0 aromatic heterocycles. The molecule has 1 aromatic rings. The summed E-state index contributed by atoms with van der Waals surface area (Å²) in [4.78, 5) is 14.1. The number of benzene rings is 1. The second kappa shape index (κ2) is 5.41. The second-order valence-corrected chi connectivity index (χ2v) is 6.98. The number of alkyl halides is 1. The predicted octanol–water partition coefficient (Wildman–Crippen LogP) is 2.76. The Morgan fingerprint density at radius 3 is 2.67 bits per heavy atom. The molecule has 1 saturated heterocycles. The highest BCUT2D eigenvalue weighted by Gasteiger charge is 2.33. The van der Waals surface area contributed by atoms with Crippen molar-refractivity contribution in [3.05, 3.63) is 35.9 Å². The van der Waals surface area contributed by atoms with Gasteiger partial charge in [0.25, 0.3) is 0 Å². The third-order valence-electron chi connectivity index (χ3n) is 3.03. The smallest absolute Gasteiger partial charge is 0.239 e. The minimum atomic E-state index is -0.508. The van der Waals surface area contributed by atoms with E-state index in [1.807, 2.05) is 49.1 Å². The molecule has 0 radical (unpaired) electrons. The summed E-state index contributed by atoms with van der Waals surface area (Å²) in [7, 11) is 0. The first-order valence-electron chi connectivity index (χ1n) is 6.13. The molecular weight excluding hydrogens is 294 g/mol. The van der Waals surface area contributed by atoms with Crippen LogP contribution in [0, 0.1) is 0 Å². The third kappa shape index (κ3) is 3.12. The molecule has 0 aliphatic carbocycles. The molecule has 1 atom stereocenters. The minimum Gasteiger partial charge on any atom is -0.370 e. The summed E-state index contributed by atoms with van der Waals surface area (Å²) in [6.45, 7) is 5.63. The van der Waals surface area contributed by atoms with Crippen molar-refractivity contribution in [2.75, 3.05) is 19.7 Å². The fourth-order valence-corrected chi connectivity index (χ4v) is 2.33. The zero-order valence-electron chi connectivity index (χ0n) is 10.7. The van der Waals surface area contributed by atoms with Gasteiger partial charge in [-0.15, -0.1) is 0 Å². The standard InChI is InChI=1S/C14H18BrNO2/c1-14(2,15)13(17)16-8-9-18-12(10-16)11-6-4-3-5-7-11/h3-7,12H,8-10H2,1-2H3. The minimum absolute atomic E-state index is 0.0150. The SMILES string of the molecule is CC(C)(Br)C(=O)N1CCOC(c2ccccc2)C1. The van der Waals surface area contributed by atoms with E-state index in [4.69, 9.17) is 4.74 Å². The fraction of sp³-hybridized carbons (Fsp3) is 0.500. The Hall–Kier alpha value is -0.870. The predicted molar refractivity (Wildman–Crippen MR) is 74.7 cm³/mol. The lowest BCUT2D eigenvalue weighted by molar-refractivity contribution is -0.140. The summed E-state index contributed by atoms with van der Waals surface area (Å²) in [5.41, 5.74) is 1.13. The number of hydrogen-bond acceptors (Lipinski definition) is 2. The highest BCUT2D eigenvalue weighted by atomic mass is 79.9. The van der Waals surface area contributed by atoms with Crippen LogP contribution in [0.5, 0.6) is 0 Å². The van der Waals surface area contributed by atoms with Crippen LogP contribution in [0.25, 0.3) is 0 Å². The first kappa shape index (κ1) is 13.6. The number of rotatable bonds is 2. The number of halogens is 1. The molecule has 1 unspecified atom stereocenters. The molecule has 1 heterocycles. The van der Waals surface area contributed by atoms with Gasteiger partial charge in [0.1, 0.15) is 6.10 Å². The van der Waals surface area contributed by atoms with E-state index in [9.17, 15) is 4.79 Å². The molecule has 1 amide bonds. The summed E-state index contributed by atoms with van der Waals surface area (Å²) in [5, 5.41) is 0. The quantitative estimate of drug-likeness (QED) is 0.786. The van der Waals surface area contributed by atoms with Crippen molar-refractivity contribution in [1.29, 1.82) is 0 Å². The van der Waals surface area contributed by atoms with E-state index < -0.39 is 4.32 Å². The van der Waals surface area contributed by atoms with Crippen LogP contribution < -0.4 is 0 Å².